The summed E-state index contributed by atoms with van der Waals surface area (Å²) in [6.45, 7) is 3.34. The van der Waals surface area contributed by atoms with Crippen molar-refractivity contribution in [2.24, 2.45) is 0 Å². The molecule has 1 atom stereocenters. The van der Waals surface area contributed by atoms with Gasteiger partial charge in [-0.15, -0.1) is 11.8 Å². The first-order valence-corrected chi connectivity index (χ1v) is 6.30. The lowest BCUT2D eigenvalue weighted by atomic mass is 10.1. The van der Waals surface area contributed by atoms with Crippen molar-refractivity contribution >= 4 is 11.8 Å². The first-order chi connectivity index (χ1) is 6.84. The first-order valence-electron chi connectivity index (χ1n) is 5.25. The molecule has 1 aliphatic rings. The highest BCUT2D eigenvalue weighted by atomic mass is 32.2. The predicted octanol–water partition coefficient (Wildman–Crippen LogP) is 2.59. The zero-order chi connectivity index (χ0) is 9.80. The van der Waals surface area contributed by atoms with Gasteiger partial charge in [0.05, 0.1) is 5.37 Å². The molecule has 0 aromatic heterocycles. The molecule has 1 saturated heterocycles. The lowest BCUT2D eigenvalue weighted by Crippen LogP contribution is -2.19. The Balaban J connectivity index is 1.85. The van der Waals surface area contributed by atoms with E-state index in [4.69, 9.17) is 0 Å². The highest BCUT2D eigenvalue weighted by Gasteiger charge is 2.13. The molecule has 0 saturated carbocycles. The molecule has 0 radical (unpaired) electrons. The van der Waals surface area contributed by atoms with E-state index in [0.717, 1.165) is 0 Å². The van der Waals surface area contributed by atoms with E-state index in [-0.39, 0.29) is 0 Å². The van der Waals surface area contributed by atoms with Gasteiger partial charge >= 0.3 is 0 Å². The fourth-order valence-electron chi connectivity index (χ4n) is 1.83. The molecule has 1 unspecified atom stereocenters. The van der Waals surface area contributed by atoms with Gasteiger partial charge in [-0.2, -0.15) is 0 Å². The van der Waals surface area contributed by atoms with Crippen LogP contribution in [0.25, 0.3) is 0 Å². The van der Waals surface area contributed by atoms with Crippen LogP contribution in [0.5, 0.6) is 0 Å². The monoisotopic (exact) mass is 207 g/mol. The molecule has 1 N–H and O–H groups in total. The maximum Gasteiger partial charge on any atom is 0.0536 e. The summed E-state index contributed by atoms with van der Waals surface area (Å²) in [5.74, 6) is 1.28. The molecule has 2 rings (SSSR count). The van der Waals surface area contributed by atoms with Crippen LogP contribution in [0.15, 0.2) is 24.3 Å². The van der Waals surface area contributed by atoms with Gasteiger partial charge in [0.15, 0.2) is 0 Å². The normalized spacial score (nSPS) is 21.4. The lowest BCUT2D eigenvalue weighted by molar-refractivity contribution is 0.658. The summed E-state index contributed by atoms with van der Waals surface area (Å²) >= 11 is 2.05. The van der Waals surface area contributed by atoms with Crippen LogP contribution in [-0.4, -0.2) is 17.7 Å². The van der Waals surface area contributed by atoms with Crippen LogP contribution in [0.3, 0.4) is 0 Å². The Kier molecular flexibility index (Phi) is 3.49. The summed E-state index contributed by atoms with van der Waals surface area (Å²) in [6, 6.07) is 8.83. The van der Waals surface area contributed by atoms with Gasteiger partial charge in [-0.3, -0.25) is 0 Å². The van der Waals surface area contributed by atoms with E-state index < -0.39 is 0 Å². The molecule has 0 spiro atoms. The van der Waals surface area contributed by atoms with Crippen LogP contribution < -0.4 is 5.32 Å². The maximum atomic E-state index is 3.50. The second-order valence-corrected chi connectivity index (χ2v) is 5.15. The van der Waals surface area contributed by atoms with Crippen LogP contribution >= 0.6 is 11.8 Å². The van der Waals surface area contributed by atoms with Gasteiger partial charge in [-0.1, -0.05) is 29.8 Å². The van der Waals surface area contributed by atoms with Crippen LogP contribution in [0.2, 0.25) is 0 Å². The van der Waals surface area contributed by atoms with Crippen LogP contribution in [0, 0.1) is 6.92 Å². The molecule has 2 heteroatoms. The van der Waals surface area contributed by atoms with Gasteiger partial charge in [0, 0.05) is 12.3 Å². The first kappa shape index (κ1) is 10.1. The molecule has 1 aromatic rings. The summed E-state index contributed by atoms with van der Waals surface area (Å²) < 4.78 is 0. The smallest absolute Gasteiger partial charge is 0.0536 e. The maximum absolute atomic E-state index is 3.50. The number of benzene rings is 1. The SMILES string of the molecule is Cc1cccc(CCC2NCCS2)c1. The molecule has 14 heavy (non-hydrogen) atoms. The summed E-state index contributed by atoms with van der Waals surface area (Å²) in [6.07, 6.45) is 2.46. The number of aryl methyl sites for hydroxylation is 2. The molecule has 1 heterocycles. The average molecular weight is 207 g/mol. The largest absolute Gasteiger partial charge is 0.305 e. The van der Waals surface area contributed by atoms with Crippen LogP contribution in [-0.2, 0) is 6.42 Å². The Morgan fingerprint density at radius 2 is 2.43 bits per heavy atom. The van der Waals surface area contributed by atoms with Crippen molar-refractivity contribution in [1.82, 2.24) is 5.32 Å². The highest BCUT2D eigenvalue weighted by molar-refractivity contribution is 8.00. The Morgan fingerprint density at radius 3 is 3.14 bits per heavy atom. The third-order valence-electron chi connectivity index (χ3n) is 2.57. The average Bonchev–Trinajstić information content (AvgIpc) is 2.67. The number of thioether (sulfide) groups is 1. The van der Waals surface area contributed by atoms with E-state index in [1.807, 2.05) is 0 Å². The second kappa shape index (κ2) is 4.85. The Hall–Kier alpha value is -0.470. The van der Waals surface area contributed by atoms with Crippen molar-refractivity contribution in [3.63, 3.8) is 0 Å². The molecule has 1 aromatic carbocycles. The van der Waals surface area contributed by atoms with Crippen molar-refractivity contribution in [2.45, 2.75) is 25.1 Å². The standard InChI is InChI=1S/C12H17NS/c1-10-3-2-4-11(9-10)5-6-12-13-7-8-14-12/h2-4,9,12-13H,5-8H2,1H3. The second-order valence-electron chi connectivity index (χ2n) is 3.84. The minimum absolute atomic E-state index is 0.690. The lowest BCUT2D eigenvalue weighted by Gasteiger charge is -2.09. The zero-order valence-corrected chi connectivity index (χ0v) is 9.44. The fraction of sp³-hybridized carbons (Fsp3) is 0.500. The Labute approximate surface area is 90.3 Å². The minimum Gasteiger partial charge on any atom is -0.305 e. The Morgan fingerprint density at radius 1 is 1.50 bits per heavy atom. The van der Waals surface area contributed by atoms with E-state index >= 15 is 0 Å². The van der Waals surface area contributed by atoms with Gasteiger partial charge in [-0.05, 0) is 25.3 Å². The van der Waals surface area contributed by atoms with Crippen molar-refractivity contribution in [1.29, 1.82) is 0 Å². The van der Waals surface area contributed by atoms with Crippen LogP contribution in [0.1, 0.15) is 17.5 Å². The van der Waals surface area contributed by atoms with Gasteiger partial charge in [0.25, 0.3) is 0 Å². The van der Waals surface area contributed by atoms with E-state index in [1.165, 1.54) is 36.3 Å². The van der Waals surface area contributed by atoms with E-state index in [2.05, 4.69) is 48.3 Å². The van der Waals surface area contributed by atoms with Gasteiger partial charge in [0.1, 0.15) is 0 Å². The topological polar surface area (TPSA) is 12.0 Å². The Bertz CT molecular complexity index is 292. The quantitative estimate of drug-likeness (QED) is 0.817. The number of hydrogen-bond donors (Lipinski definition) is 1. The zero-order valence-electron chi connectivity index (χ0n) is 8.62. The number of hydrogen-bond acceptors (Lipinski definition) is 2. The third-order valence-corrected chi connectivity index (χ3v) is 3.82. The molecular weight excluding hydrogens is 190 g/mol. The third kappa shape index (κ3) is 2.76. The molecule has 1 nitrogen and oxygen atoms in total. The van der Waals surface area contributed by atoms with Crippen molar-refractivity contribution in [2.75, 3.05) is 12.3 Å². The van der Waals surface area contributed by atoms with Crippen molar-refractivity contribution in [3.8, 4) is 0 Å². The number of rotatable bonds is 3. The van der Waals surface area contributed by atoms with Gasteiger partial charge < -0.3 is 5.32 Å². The molecule has 0 aliphatic carbocycles. The van der Waals surface area contributed by atoms with Crippen molar-refractivity contribution in [3.05, 3.63) is 35.4 Å². The molecule has 0 bridgehead atoms. The summed E-state index contributed by atoms with van der Waals surface area (Å²) in [5, 5.41) is 4.19. The summed E-state index contributed by atoms with van der Waals surface area (Å²) in [4.78, 5) is 0. The molecule has 1 aliphatic heterocycles. The number of nitrogens with one attached hydrogen (secondary N) is 1. The summed E-state index contributed by atoms with van der Waals surface area (Å²) in [5.41, 5.74) is 2.84. The predicted molar refractivity (Wildman–Crippen MR) is 63.7 cm³/mol. The molecular formula is C12H17NS. The highest BCUT2D eigenvalue weighted by Crippen LogP contribution is 2.19. The van der Waals surface area contributed by atoms with Crippen molar-refractivity contribution < 1.29 is 0 Å². The molecule has 76 valence electrons. The molecule has 0 amide bonds. The van der Waals surface area contributed by atoms with Gasteiger partial charge in [0.2, 0.25) is 0 Å². The van der Waals surface area contributed by atoms with E-state index in [1.54, 1.807) is 0 Å². The minimum atomic E-state index is 0.690. The molecule has 1 fully saturated rings. The van der Waals surface area contributed by atoms with E-state index in [0.29, 0.717) is 5.37 Å². The van der Waals surface area contributed by atoms with Gasteiger partial charge in [-0.25, -0.2) is 0 Å². The summed E-state index contributed by atoms with van der Waals surface area (Å²) in [7, 11) is 0. The van der Waals surface area contributed by atoms with E-state index in [9.17, 15) is 0 Å². The van der Waals surface area contributed by atoms with Crippen LogP contribution in [0.4, 0.5) is 0 Å². The fourth-order valence-corrected chi connectivity index (χ4v) is 2.87.